The number of aromatic amines is 1. The summed E-state index contributed by atoms with van der Waals surface area (Å²) in [7, 11) is 0. The fourth-order valence-corrected chi connectivity index (χ4v) is 4.58. The molecule has 3 nitrogen and oxygen atoms in total. The number of para-hydroxylation sites is 1. The van der Waals surface area contributed by atoms with Crippen LogP contribution in [-0.4, -0.2) is 33.6 Å². The third-order valence-corrected chi connectivity index (χ3v) is 5.44. The van der Waals surface area contributed by atoms with Gasteiger partial charge in [0.15, 0.2) is 4.77 Å². The van der Waals surface area contributed by atoms with Gasteiger partial charge in [-0.3, -0.25) is 4.90 Å². The molecule has 1 N–H and O–H groups in total. The molecule has 2 unspecified atom stereocenters. The van der Waals surface area contributed by atoms with Crippen molar-refractivity contribution in [2.24, 2.45) is 0 Å². The van der Waals surface area contributed by atoms with E-state index in [-0.39, 0.29) is 0 Å². The largest absolute Gasteiger partial charge is 0.331 e. The SMILES string of the molecule is S=c1[nH]c2cccc(Cl)c2n1C1CCN2CCCCC12. The number of hydrogen-bond acceptors (Lipinski definition) is 2. The number of piperidine rings is 1. The van der Waals surface area contributed by atoms with E-state index in [0.717, 1.165) is 20.8 Å². The lowest BCUT2D eigenvalue weighted by atomic mass is 9.99. The molecule has 2 saturated heterocycles. The summed E-state index contributed by atoms with van der Waals surface area (Å²) in [6, 6.07) is 7.08. The van der Waals surface area contributed by atoms with Crippen molar-refractivity contribution in [3.8, 4) is 0 Å². The summed E-state index contributed by atoms with van der Waals surface area (Å²) in [5, 5.41) is 0.795. The van der Waals surface area contributed by atoms with E-state index in [1.54, 1.807) is 0 Å². The van der Waals surface area contributed by atoms with Crippen molar-refractivity contribution in [1.29, 1.82) is 0 Å². The molecule has 3 heterocycles. The number of benzene rings is 1. The zero-order chi connectivity index (χ0) is 13.7. The molecule has 1 aromatic heterocycles. The first-order chi connectivity index (χ1) is 9.75. The molecule has 5 heteroatoms. The minimum Gasteiger partial charge on any atom is -0.331 e. The van der Waals surface area contributed by atoms with Gasteiger partial charge in [-0.05, 0) is 50.2 Å². The molecule has 0 bridgehead atoms. The Labute approximate surface area is 128 Å². The Morgan fingerprint density at radius 3 is 2.95 bits per heavy atom. The predicted octanol–water partition coefficient (Wildman–Crippen LogP) is 4.15. The lowest BCUT2D eigenvalue weighted by Crippen LogP contribution is -2.37. The maximum absolute atomic E-state index is 6.43. The van der Waals surface area contributed by atoms with Gasteiger partial charge in [0.05, 0.1) is 22.1 Å². The first-order valence-electron chi connectivity index (χ1n) is 7.38. The van der Waals surface area contributed by atoms with Crippen LogP contribution >= 0.6 is 23.8 Å². The van der Waals surface area contributed by atoms with Gasteiger partial charge >= 0.3 is 0 Å². The molecule has 2 fully saturated rings. The van der Waals surface area contributed by atoms with Crippen molar-refractivity contribution in [3.63, 3.8) is 0 Å². The number of rotatable bonds is 1. The average Bonchev–Trinajstić information content (AvgIpc) is 3.00. The Balaban J connectivity index is 1.86. The fourth-order valence-electron chi connectivity index (χ4n) is 3.98. The van der Waals surface area contributed by atoms with Crippen molar-refractivity contribution in [1.82, 2.24) is 14.5 Å². The second-order valence-electron chi connectivity index (χ2n) is 5.89. The standard InChI is InChI=1S/C15H18ClN3S/c16-10-4-3-5-11-14(10)19(15(20)17-11)13-7-9-18-8-2-1-6-12(13)18/h3-5,12-13H,1-2,6-9H2,(H,17,20). The molecule has 2 aliphatic rings. The monoisotopic (exact) mass is 307 g/mol. The number of aromatic nitrogens is 2. The molecular formula is C15H18ClN3S. The van der Waals surface area contributed by atoms with Crippen LogP contribution < -0.4 is 0 Å². The van der Waals surface area contributed by atoms with Crippen molar-refractivity contribution in [2.45, 2.75) is 37.8 Å². The van der Waals surface area contributed by atoms with Crippen LogP contribution in [0.1, 0.15) is 31.7 Å². The smallest absolute Gasteiger partial charge is 0.178 e. The van der Waals surface area contributed by atoms with E-state index in [2.05, 4.69) is 20.5 Å². The van der Waals surface area contributed by atoms with Gasteiger partial charge < -0.3 is 9.55 Å². The van der Waals surface area contributed by atoms with Crippen LogP contribution in [0.25, 0.3) is 11.0 Å². The zero-order valence-electron chi connectivity index (χ0n) is 11.3. The highest BCUT2D eigenvalue weighted by Gasteiger charge is 2.37. The van der Waals surface area contributed by atoms with Crippen LogP contribution in [0.4, 0.5) is 0 Å². The third kappa shape index (κ3) is 1.85. The van der Waals surface area contributed by atoms with Crippen LogP contribution in [0.5, 0.6) is 0 Å². The molecule has 0 amide bonds. The second kappa shape index (κ2) is 4.86. The summed E-state index contributed by atoms with van der Waals surface area (Å²) in [5.74, 6) is 0. The molecule has 0 radical (unpaired) electrons. The highest BCUT2D eigenvalue weighted by atomic mass is 35.5. The van der Waals surface area contributed by atoms with Gasteiger partial charge in [-0.15, -0.1) is 0 Å². The van der Waals surface area contributed by atoms with Gasteiger partial charge in [-0.25, -0.2) is 0 Å². The number of nitrogens with zero attached hydrogens (tertiary/aromatic N) is 2. The summed E-state index contributed by atoms with van der Waals surface area (Å²) in [6.45, 7) is 2.43. The molecule has 4 rings (SSSR count). The van der Waals surface area contributed by atoms with Gasteiger partial charge in [-0.1, -0.05) is 24.1 Å². The van der Waals surface area contributed by atoms with Crippen molar-refractivity contribution >= 4 is 34.9 Å². The van der Waals surface area contributed by atoms with Gasteiger partial charge in [0.25, 0.3) is 0 Å². The molecule has 20 heavy (non-hydrogen) atoms. The maximum Gasteiger partial charge on any atom is 0.178 e. The molecule has 1 aromatic carbocycles. The molecule has 0 saturated carbocycles. The maximum atomic E-state index is 6.43. The highest BCUT2D eigenvalue weighted by Crippen LogP contribution is 2.38. The van der Waals surface area contributed by atoms with E-state index in [0.29, 0.717) is 12.1 Å². The van der Waals surface area contributed by atoms with Crippen LogP contribution in [-0.2, 0) is 0 Å². The quantitative estimate of drug-likeness (QED) is 0.800. The zero-order valence-corrected chi connectivity index (χ0v) is 12.9. The third-order valence-electron chi connectivity index (χ3n) is 4.84. The number of fused-ring (bicyclic) bond motifs is 2. The molecule has 2 aromatic rings. The van der Waals surface area contributed by atoms with Gasteiger partial charge in [-0.2, -0.15) is 0 Å². The lowest BCUT2D eigenvalue weighted by molar-refractivity contribution is 0.174. The van der Waals surface area contributed by atoms with E-state index >= 15 is 0 Å². The molecule has 2 atom stereocenters. The molecular weight excluding hydrogens is 290 g/mol. The molecule has 0 aliphatic carbocycles. The fraction of sp³-hybridized carbons (Fsp3) is 0.533. The van der Waals surface area contributed by atoms with E-state index in [9.17, 15) is 0 Å². The summed E-state index contributed by atoms with van der Waals surface area (Å²) < 4.78 is 3.09. The molecule has 0 spiro atoms. The van der Waals surface area contributed by atoms with Crippen LogP contribution in [0.2, 0.25) is 5.02 Å². The predicted molar refractivity (Wildman–Crippen MR) is 85.0 cm³/mol. The summed E-state index contributed by atoms with van der Waals surface area (Å²) in [6.07, 6.45) is 5.13. The van der Waals surface area contributed by atoms with Crippen molar-refractivity contribution < 1.29 is 0 Å². The number of imidazole rings is 1. The molecule has 106 valence electrons. The van der Waals surface area contributed by atoms with E-state index in [1.165, 1.54) is 38.8 Å². The Kier molecular flexibility index (Phi) is 3.13. The van der Waals surface area contributed by atoms with Crippen LogP contribution in [0.3, 0.4) is 0 Å². The van der Waals surface area contributed by atoms with E-state index in [1.807, 2.05) is 12.1 Å². The minimum atomic E-state index is 0.469. The van der Waals surface area contributed by atoms with Crippen molar-refractivity contribution in [3.05, 3.63) is 28.0 Å². The van der Waals surface area contributed by atoms with Crippen LogP contribution in [0.15, 0.2) is 18.2 Å². The van der Waals surface area contributed by atoms with Gasteiger partial charge in [0, 0.05) is 12.6 Å². The Bertz CT molecular complexity index is 705. The topological polar surface area (TPSA) is 24.0 Å². The highest BCUT2D eigenvalue weighted by molar-refractivity contribution is 7.71. The second-order valence-corrected chi connectivity index (χ2v) is 6.69. The molecule has 2 aliphatic heterocycles. The number of hydrogen-bond donors (Lipinski definition) is 1. The minimum absolute atomic E-state index is 0.469. The van der Waals surface area contributed by atoms with Crippen LogP contribution in [0, 0.1) is 4.77 Å². The summed E-state index contributed by atoms with van der Waals surface area (Å²) in [5.41, 5.74) is 2.13. The Morgan fingerprint density at radius 1 is 1.15 bits per heavy atom. The lowest BCUT2D eigenvalue weighted by Gasteiger charge is -2.33. The van der Waals surface area contributed by atoms with Crippen molar-refractivity contribution in [2.75, 3.05) is 13.1 Å². The average molecular weight is 308 g/mol. The van der Waals surface area contributed by atoms with Gasteiger partial charge in [0.1, 0.15) is 0 Å². The Hall–Kier alpha value is -0.840. The number of H-pyrrole nitrogens is 1. The number of halogens is 1. The first-order valence-corrected chi connectivity index (χ1v) is 8.17. The Morgan fingerprint density at radius 2 is 2.05 bits per heavy atom. The number of nitrogens with one attached hydrogen (secondary N) is 1. The van der Waals surface area contributed by atoms with E-state index < -0.39 is 0 Å². The van der Waals surface area contributed by atoms with Gasteiger partial charge in [0.2, 0.25) is 0 Å². The first kappa shape index (κ1) is 12.9. The normalized spacial score (nSPS) is 27.1. The summed E-state index contributed by atoms with van der Waals surface area (Å²) >= 11 is 12.0. The van der Waals surface area contributed by atoms with E-state index in [4.69, 9.17) is 23.8 Å². The summed E-state index contributed by atoms with van der Waals surface area (Å²) in [4.78, 5) is 5.95.